The number of methoxy groups -OCH3 is 1. The van der Waals surface area contributed by atoms with Crippen molar-refractivity contribution in [2.24, 2.45) is 0 Å². The molecule has 0 spiro atoms. The van der Waals surface area contributed by atoms with Crippen LogP contribution in [-0.4, -0.2) is 42.8 Å². The summed E-state index contributed by atoms with van der Waals surface area (Å²) in [5, 5.41) is 9.40. The van der Waals surface area contributed by atoms with Crippen molar-refractivity contribution in [3.05, 3.63) is 11.5 Å². The van der Waals surface area contributed by atoms with E-state index in [1.807, 2.05) is 0 Å². The van der Waals surface area contributed by atoms with Gasteiger partial charge in [0.1, 0.15) is 6.10 Å². The van der Waals surface area contributed by atoms with Crippen LogP contribution in [-0.2, 0) is 23.7 Å². The van der Waals surface area contributed by atoms with Crippen molar-refractivity contribution in [2.45, 2.75) is 31.8 Å². The molecule has 0 saturated carbocycles. The van der Waals surface area contributed by atoms with Crippen LogP contribution in [0.2, 0.25) is 0 Å². The van der Waals surface area contributed by atoms with Gasteiger partial charge in [-0.25, -0.2) is 4.79 Å². The highest BCUT2D eigenvalue weighted by molar-refractivity contribution is 5.89. The van der Waals surface area contributed by atoms with Crippen LogP contribution in [0, 0.1) is 0 Å². The molecule has 90 valence electrons. The lowest BCUT2D eigenvalue weighted by Crippen LogP contribution is -2.33. The number of ether oxygens (including phenoxy) is 4. The highest BCUT2D eigenvalue weighted by atomic mass is 16.8. The predicted octanol–water partition coefficient (Wildman–Crippen LogP) is 0.479. The van der Waals surface area contributed by atoms with Gasteiger partial charge in [0, 0.05) is 0 Å². The number of rotatable bonds is 2. The zero-order valence-electron chi connectivity index (χ0n) is 9.35. The molecule has 2 aliphatic heterocycles. The second-order valence-electron chi connectivity index (χ2n) is 4.11. The number of carbonyl (C=O) groups excluding carboxylic acids is 1. The number of esters is 1. The third-order valence-corrected chi connectivity index (χ3v) is 2.51. The second kappa shape index (κ2) is 3.64. The molecule has 6 heteroatoms. The first-order valence-corrected chi connectivity index (χ1v) is 4.94. The maximum atomic E-state index is 11.2. The van der Waals surface area contributed by atoms with Gasteiger partial charge < -0.3 is 24.1 Å². The van der Waals surface area contributed by atoms with Crippen LogP contribution in [0.3, 0.4) is 0 Å². The van der Waals surface area contributed by atoms with Crippen LogP contribution < -0.4 is 0 Å². The molecule has 2 rings (SSSR count). The Morgan fingerprint density at radius 2 is 2.19 bits per heavy atom. The number of hydrogen-bond acceptors (Lipinski definition) is 6. The van der Waals surface area contributed by atoms with Gasteiger partial charge in [0.25, 0.3) is 0 Å². The molecule has 0 radical (unpaired) electrons. The van der Waals surface area contributed by atoms with Gasteiger partial charge >= 0.3 is 5.97 Å². The topological polar surface area (TPSA) is 74.2 Å². The Kier molecular flexibility index (Phi) is 2.55. The Morgan fingerprint density at radius 1 is 1.50 bits per heavy atom. The monoisotopic (exact) mass is 230 g/mol. The summed E-state index contributed by atoms with van der Waals surface area (Å²) in [5.41, 5.74) is 0. The van der Waals surface area contributed by atoms with Crippen LogP contribution in [0.5, 0.6) is 0 Å². The number of carbonyl (C=O) groups is 1. The van der Waals surface area contributed by atoms with Crippen LogP contribution in [0.1, 0.15) is 13.8 Å². The first-order chi connectivity index (χ1) is 7.44. The molecule has 1 N–H and O–H groups in total. The van der Waals surface area contributed by atoms with E-state index < -0.39 is 29.7 Å². The summed E-state index contributed by atoms with van der Waals surface area (Å²) >= 11 is 0. The lowest BCUT2D eigenvalue weighted by molar-refractivity contribution is -0.163. The van der Waals surface area contributed by atoms with Crippen molar-refractivity contribution in [2.75, 3.05) is 13.7 Å². The molecule has 0 bridgehead atoms. The van der Waals surface area contributed by atoms with E-state index in [4.69, 9.17) is 18.9 Å². The molecular formula is C10H14O6. The fraction of sp³-hybridized carbons (Fsp3) is 0.700. The summed E-state index contributed by atoms with van der Waals surface area (Å²) in [6.07, 6.45) is -1.20. The third kappa shape index (κ3) is 1.74. The first-order valence-electron chi connectivity index (χ1n) is 4.94. The van der Waals surface area contributed by atoms with E-state index in [0.29, 0.717) is 0 Å². The van der Waals surface area contributed by atoms with Gasteiger partial charge in [0.15, 0.2) is 17.7 Å². The van der Waals surface area contributed by atoms with Crippen LogP contribution in [0.15, 0.2) is 11.5 Å². The van der Waals surface area contributed by atoms with Crippen molar-refractivity contribution < 1.29 is 28.8 Å². The van der Waals surface area contributed by atoms with E-state index in [2.05, 4.69) is 0 Å². The molecular weight excluding hydrogens is 216 g/mol. The van der Waals surface area contributed by atoms with Gasteiger partial charge in [0.05, 0.1) is 13.7 Å². The maximum absolute atomic E-state index is 11.2. The molecule has 1 saturated heterocycles. The van der Waals surface area contributed by atoms with Gasteiger partial charge in [-0.1, -0.05) is 0 Å². The van der Waals surface area contributed by atoms with E-state index in [-0.39, 0.29) is 12.4 Å². The van der Waals surface area contributed by atoms with Crippen molar-refractivity contribution in [3.63, 3.8) is 0 Å². The Bertz CT molecular complexity index is 345. The minimum atomic E-state index is -0.796. The number of hydrogen-bond donors (Lipinski definition) is 1. The van der Waals surface area contributed by atoms with Gasteiger partial charge in [-0.15, -0.1) is 0 Å². The highest BCUT2D eigenvalue weighted by Gasteiger charge is 2.47. The molecule has 6 nitrogen and oxygen atoms in total. The molecule has 0 aromatic carbocycles. The summed E-state index contributed by atoms with van der Waals surface area (Å²) in [7, 11) is 1.36. The van der Waals surface area contributed by atoms with Crippen LogP contribution in [0.25, 0.3) is 0 Å². The largest absolute Gasteiger partial charge is 0.499 e. The zero-order valence-corrected chi connectivity index (χ0v) is 9.35. The lowest BCUT2D eigenvalue weighted by atomic mass is 10.2. The Labute approximate surface area is 92.7 Å². The first kappa shape index (κ1) is 11.2. The van der Waals surface area contributed by atoms with E-state index in [1.165, 1.54) is 7.11 Å². The van der Waals surface area contributed by atoms with Gasteiger partial charge in [0.2, 0.25) is 5.76 Å². The standard InChI is InChI=1S/C10H14O6/c1-10(2)14-4-5(16-10)7-8(13-3)6(11)9(12)15-7/h5,7,11H,4H2,1-3H3. The molecule has 0 aromatic heterocycles. The predicted molar refractivity (Wildman–Crippen MR) is 51.4 cm³/mol. The minimum Gasteiger partial charge on any atom is -0.499 e. The van der Waals surface area contributed by atoms with Crippen LogP contribution in [0.4, 0.5) is 0 Å². The average Bonchev–Trinajstić information content (AvgIpc) is 2.69. The molecule has 16 heavy (non-hydrogen) atoms. The molecule has 2 atom stereocenters. The molecule has 2 unspecified atom stereocenters. The molecule has 2 heterocycles. The summed E-state index contributed by atoms with van der Waals surface area (Å²) in [4.78, 5) is 11.2. The van der Waals surface area contributed by atoms with Crippen molar-refractivity contribution in [3.8, 4) is 0 Å². The molecule has 0 amide bonds. The second-order valence-corrected chi connectivity index (χ2v) is 4.11. The average molecular weight is 230 g/mol. The van der Waals surface area contributed by atoms with Crippen molar-refractivity contribution in [1.29, 1.82) is 0 Å². The Balaban J connectivity index is 2.15. The van der Waals surface area contributed by atoms with E-state index in [9.17, 15) is 9.90 Å². The highest BCUT2D eigenvalue weighted by Crippen LogP contribution is 2.32. The van der Waals surface area contributed by atoms with Gasteiger partial charge in [-0.3, -0.25) is 0 Å². The summed E-state index contributed by atoms with van der Waals surface area (Å²) in [5.74, 6) is -1.92. The molecule has 2 aliphatic rings. The summed E-state index contributed by atoms with van der Waals surface area (Å²) in [6.45, 7) is 3.81. The Morgan fingerprint density at radius 3 is 2.69 bits per heavy atom. The normalized spacial score (nSPS) is 33.1. The number of aliphatic hydroxyl groups is 1. The van der Waals surface area contributed by atoms with E-state index >= 15 is 0 Å². The maximum Gasteiger partial charge on any atom is 0.378 e. The minimum absolute atomic E-state index is 0.0938. The fourth-order valence-corrected chi connectivity index (χ4v) is 1.78. The Hall–Kier alpha value is -1.27. The molecule has 0 aromatic rings. The van der Waals surface area contributed by atoms with Gasteiger partial charge in [-0.2, -0.15) is 0 Å². The zero-order chi connectivity index (χ0) is 11.9. The van der Waals surface area contributed by atoms with Crippen molar-refractivity contribution >= 4 is 5.97 Å². The number of aliphatic hydroxyl groups excluding tert-OH is 1. The summed E-state index contributed by atoms with van der Waals surface area (Å²) in [6, 6.07) is 0. The van der Waals surface area contributed by atoms with Crippen molar-refractivity contribution in [1.82, 2.24) is 0 Å². The third-order valence-electron chi connectivity index (χ3n) is 2.51. The lowest BCUT2D eigenvalue weighted by Gasteiger charge is -2.20. The molecule has 0 aliphatic carbocycles. The van der Waals surface area contributed by atoms with Crippen LogP contribution >= 0.6 is 0 Å². The summed E-state index contributed by atoms with van der Waals surface area (Å²) < 4.78 is 20.8. The van der Waals surface area contributed by atoms with E-state index in [0.717, 1.165) is 0 Å². The van der Waals surface area contributed by atoms with E-state index in [1.54, 1.807) is 13.8 Å². The fourth-order valence-electron chi connectivity index (χ4n) is 1.78. The van der Waals surface area contributed by atoms with Gasteiger partial charge in [-0.05, 0) is 13.8 Å². The number of cyclic esters (lactones) is 1. The SMILES string of the molecule is COC1=C(O)C(=O)OC1C1COC(C)(C)O1. The smallest absolute Gasteiger partial charge is 0.378 e. The molecule has 1 fully saturated rings. The quantitative estimate of drug-likeness (QED) is 0.695.